The van der Waals surface area contributed by atoms with Crippen molar-refractivity contribution >= 4 is 16.7 Å². The lowest BCUT2D eigenvalue weighted by molar-refractivity contribution is -0.127. The Morgan fingerprint density at radius 3 is 2.44 bits per heavy atom. The maximum absolute atomic E-state index is 12.0. The van der Waals surface area contributed by atoms with E-state index in [-0.39, 0.29) is 11.9 Å². The topological polar surface area (TPSA) is 58.2 Å². The molecular weight excluding hydrogens is 224 g/mol. The number of nitrogens with one attached hydrogen (secondary N) is 2. The van der Waals surface area contributed by atoms with Gasteiger partial charge in [-0.15, -0.1) is 0 Å². The van der Waals surface area contributed by atoms with Gasteiger partial charge in [-0.25, -0.2) is 0 Å². The molecule has 0 aromatic heterocycles. The zero-order valence-corrected chi connectivity index (χ0v) is 11.2. The van der Waals surface area contributed by atoms with Gasteiger partial charge in [-0.3, -0.25) is 9.00 Å². The Kier molecular flexibility index (Phi) is 4.92. The third kappa shape index (κ3) is 3.87. The largest absolute Gasteiger partial charge is 0.352 e. The van der Waals surface area contributed by atoms with Crippen molar-refractivity contribution in [1.29, 1.82) is 0 Å². The molecule has 2 N–H and O–H groups in total. The van der Waals surface area contributed by atoms with Crippen LogP contribution in [0.3, 0.4) is 0 Å². The van der Waals surface area contributed by atoms with Crippen molar-refractivity contribution in [3.63, 3.8) is 0 Å². The summed E-state index contributed by atoms with van der Waals surface area (Å²) in [6.45, 7) is 6.52. The summed E-state index contributed by atoms with van der Waals surface area (Å²) in [6.07, 6.45) is 1.67. The number of amides is 1. The summed E-state index contributed by atoms with van der Waals surface area (Å²) in [5.74, 6) is 1.46. The third-order valence-electron chi connectivity index (χ3n) is 2.91. The van der Waals surface area contributed by atoms with Gasteiger partial charge >= 0.3 is 0 Å². The Morgan fingerprint density at radius 2 is 1.94 bits per heavy atom. The van der Waals surface area contributed by atoms with Gasteiger partial charge in [0.1, 0.15) is 0 Å². The molecule has 0 aromatic carbocycles. The van der Waals surface area contributed by atoms with Crippen LogP contribution >= 0.6 is 0 Å². The first-order valence-electron chi connectivity index (χ1n) is 5.86. The highest BCUT2D eigenvalue weighted by atomic mass is 32.2. The lowest BCUT2D eigenvalue weighted by atomic mass is 10.0. The molecule has 0 unspecified atom stereocenters. The summed E-state index contributed by atoms with van der Waals surface area (Å²) in [5.41, 5.74) is -0.522. The van der Waals surface area contributed by atoms with Gasteiger partial charge in [0.15, 0.2) is 0 Å². The average molecular weight is 246 g/mol. The van der Waals surface area contributed by atoms with Gasteiger partial charge in [0.25, 0.3) is 0 Å². The number of carbonyl (C=O) groups excluding carboxylic acids is 1. The second-order valence-corrected chi connectivity index (χ2v) is 6.45. The van der Waals surface area contributed by atoms with Gasteiger partial charge in [-0.05, 0) is 33.2 Å². The van der Waals surface area contributed by atoms with Crippen molar-refractivity contribution in [3.05, 3.63) is 0 Å². The summed E-state index contributed by atoms with van der Waals surface area (Å²) in [5, 5.41) is 6.18. The number of hydrogen-bond acceptors (Lipinski definition) is 3. The molecule has 1 saturated heterocycles. The first-order valence-corrected chi connectivity index (χ1v) is 7.35. The maximum atomic E-state index is 12.0. The van der Waals surface area contributed by atoms with E-state index in [0.29, 0.717) is 11.5 Å². The van der Waals surface area contributed by atoms with Crippen LogP contribution in [0.4, 0.5) is 0 Å². The van der Waals surface area contributed by atoms with Crippen molar-refractivity contribution in [2.75, 3.05) is 18.1 Å². The number of rotatable bonds is 4. The maximum Gasteiger partial charge on any atom is 0.239 e. The van der Waals surface area contributed by atoms with Gasteiger partial charge in [-0.2, -0.15) is 0 Å². The third-order valence-corrected chi connectivity index (χ3v) is 4.29. The molecule has 0 spiro atoms. The molecule has 1 fully saturated rings. The predicted octanol–water partition coefficient (Wildman–Crippen LogP) is 0.402. The van der Waals surface area contributed by atoms with Crippen LogP contribution in [0.1, 0.15) is 33.6 Å². The highest BCUT2D eigenvalue weighted by Crippen LogP contribution is 2.11. The van der Waals surface area contributed by atoms with E-state index in [4.69, 9.17) is 0 Å². The molecule has 0 saturated carbocycles. The SMILES string of the molecule is CCNC(C)(C)C(=O)NC1CCS(=O)CC1. The van der Waals surface area contributed by atoms with Crippen LogP contribution in [-0.4, -0.2) is 39.7 Å². The van der Waals surface area contributed by atoms with E-state index < -0.39 is 16.3 Å². The number of likely N-dealkylation sites (N-methyl/N-ethyl adjacent to an activating group) is 1. The van der Waals surface area contributed by atoms with Crippen LogP contribution < -0.4 is 10.6 Å². The van der Waals surface area contributed by atoms with Crippen LogP contribution in [0.15, 0.2) is 0 Å². The van der Waals surface area contributed by atoms with E-state index >= 15 is 0 Å². The lowest BCUT2D eigenvalue weighted by Crippen LogP contribution is -2.55. The van der Waals surface area contributed by atoms with E-state index in [2.05, 4.69) is 10.6 Å². The van der Waals surface area contributed by atoms with Gasteiger partial charge in [0.2, 0.25) is 5.91 Å². The molecule has 16 heavy (non-hydrogen) atoms. The fourth-order valence-corrected chi connectivity index (χ4v) is 3.13. The van der Waals surface area contributed by atoms with Crippen LogP contribution in [0, 0.1) is 0 Å². The molecule has 0 atom stereocenters. The highest BCUT2D eigenvalue weighted by Gasteiger charge is 2.29. The minimum Gasteiger partial charge on any atom is -0.352 e. The van der Waals surface area contributed by atoms with Crippen LogP contribution in [-0.2, 0) is 15.6 Å². The molecule has 1 amide bonds. The molecule has 0 aromatic rings. The van der Waals surface area contributed by atoms with Gasteiger partial charge in [0, 0.05) is 28.3 Å². The molecular formula is C11H22N2O2S. The van der Waals surface area contributed by atoms with Crippen molar-refractivity contribution in [1.82, 2.24) is 10.6 Å². The minimum atomic E-state index is -0.667. The van der Waals surface area contributed by atoms with Crippen LogP contribution in [0.5, 0.6) is 0 Å². The lowest BCUT2D eigenvalue weighted by Gasteiger charge is -2.29. The summed E-state index contributed by atoms with van der Waals surface area (Å²) in [6, 6.07) is 0.197. The number of hydrogen-bond donors (Lipinski definition) is 2. The van der Waals surface area contributed by atoms with E-state index in [9.17, 15) is 9.00 Å². The molecule has 1 aliphatic heterocycles. The Hall–Kier alpha value is -0.420. The van der Waals surface area contributed by atoms with E-state index in [1.165, 1.54) is 0 Å². The van der Waals surface area contributed by atoms with Crippen LogP contribution in [0.2, 0.25) is 0 Å². The molecule has 0 bridgehead atoms. The molecule has 0 aliphatic carbocycles. The van der Waals surface area contributed by atoms with Crippen molar-refractivity contribution in [2.24, 2.45) is 0 Å². The molecule has 94 valence electrons. The first-order chi connectivity index (χ1) is 7.45. The van der Waals surface area contributed by atoms with Gasteiger partial charge < -0.3 is 10.6 Å². The van der Waals surface area contributed by atoms with Crippen molar-refractivity contribution in [3.8, 4) is 0 Å². The monoisotopic (exact) mass is 246 g/mol. The molecule has 4 nitrogen and oxygen atoms in total. The molecule has 0 radical (unpaired) electrons. The van der Waals surface area contributed by atoms with E-state index in [0.717, 1.165) is 19.4 Å². The molecule has 5 heteroatoms. The molecule has 1 aliphatic rings. The minimum absolute atomic E-state index is 0.0343. The smallest absolute Gasteiger partial charge is 0.239 e. The molecule has 1 rings (SSSR count). The highest BCUT2D eigenvalue weighted by molar-refractivity contribution is 7.85. The van der Waals surface area contributed by atoms with Gasteiger partial charge in [0.05, 0.1) is 5.54 Å². The summed E-state index contributed by atoms with van der Waals surface area (Å²) >= 11 is 0. The van der Waals surface area contributed by atoms with Gasteiger partial charge in [-0.1, -0.05) is 6.92 Å². The fraction of sp³-hybridized carbons (Fsp3) is 0.909. The Morgan fingerprint density at radius 1 is 1.38 bits per heavy atom. The quantitative estimate of drug-likeness (QED) is 0.755. The summed E-state index contributed by atoms with van der Waals surface area (Å²) in [4.78, 5) is 12.0. The van der Waals surface area contributed by atoms with Crippen molar-refractivity contribution in [2.45, 2.75) is 45.2 Å². The number of carbonyl (C=O) groups is 1. The Bertz CT molecular complexity index is 269. The zero-order valence-electron chi connectivity index (χ0n) is 10.3. The first kappa shape index (κ1) is 13.6. The van der Waals surface area contributed by atoms with Crippen molar-refractivity contribution < 1.29 is 9.00 Å². The second kappa shape index (κ2) is 5.77. The zero-order chi connectivity index (χ0) is 12.2. The summed E-state index contributed by atoms with van der Waals surface area (Å²) in [7, 11) is -0.667. The van der Waals surface area contributed by atoms with E-state index in [1.807, 2.05) is 20.8 Å². The second-order valence-electron chi connectivity index (χ2n) is 4.75. The normalized spacial score (nSPS) is 26.4. The average Bonchev–Trinajstić information content (AvgIpc) is 2.21. The van der Waals surface area contributed by atoms with Crippen LogP contribution in [0.25, 0.3) is 0 Å². The Balaban J connectivity index is 2.42. The fourth-order valence-electron chi connectivity index (χ4n) is 1.83. The standard InChI is InChI=1S/C11H22N2O2S/c1-4-12-11(2,3)10(14)13-9-5-7-16(15)8-6-9/h9,12H,4-8H2,1-3H3,(H,13,14). The predicted molar refractivity (Wildman–Crippen MR) is 66.8 cm³/mol. The summed E-state index contributed by atoms with van der Waals surface area (Å²) < 4.78 is 11.2. The Labute approximate surface area is 100 Å². The van der Waals surface area contributed by atoms with E-state index in [1.54, 1.807) is 0 Å². The molecule has 1 heterocycles.